The van der Waals surface area contributed by atoms with E-state index < -0.39 is 5.91 Å². The van der Waals surface area contributed by atoms with Crippen molar-refractivity contribution in [3.8, 4) is 0 Å². The van der Waals surface area contributed by atoms with E-state index in [1.54, 1.807) is 23.9 Å². The van der Waals surface area contributed by atoms with Crippen LogP contribution in [0.3, 0.4) is 0 Å². The number of hydrogen-bond donors (Lipinski definition) is 1. The molecule has 0 aliphatic carbocycles. The van der Waals surface area contributed by atoms with Gasteiger partial charge in [0.05, 0.1) is 16.7 Å². The minimum atomic E-state index is -0.557. The molecule has 6 heteroatoms. The highest BCUT2D eigenvalue weighted by Crippen LogP contribution is 2.30. The molecule has 0 saturated heterocycles. The average molecular weight is 367 g/mol. The van der Waals surface area contributed by atoms with Gasteiger partial charge in [0.25, 0.3) is 5.56 Å². The predicted octanol–water partition coefficient (Wildman–Crippen LogP) is 3.10. The van der Waals surface area contributed by atoms with Crippen LogP contribution in [0.1, 0.15) is 22.5 Å². The molecule has 2 N–H and O–H groups in total. The van der Waals surface area contributed by atoms with Gasteiger partial charge < -0.3 is 5.73 Å². The Morgan fingerprint density at radius 2 is 1.81 bits per heavy atom. The van der Waals surface area contributed by atoms with E-state index in [1.807, 2.05) is 12.1 Å². The Hall–Kier alpha value is -2.60. The summed E-state index contributed by atoms with van der Waals surface area (Å²) in [5.41, 5.74) is 9.35. The zero-order valence-electron chi connectivity index (χ0n) is 15.1. The predicted molar refractivity (Wildman–Crippen MR) is 105 cm³/mol. The first-order valence-corrected chi connectivity index (χ1v) is 9.33. The number of benzene rings is 2. The number of aryl methyl sites for hydroxylation is 3. The van der Waals surface area contributed by atoms with Crippen molar-refractivity contribution in [1.82, 2.24) is 9.55 Å². The Morgan fingerprint density at radius 1 is 1.15 bits per heavy atom. The Balaban J connectivity index is 2.04. The van der Waals surface area contributed by atoms with Crippen LogP contribution in [-0.2, 0) is 17.1 Å². The lowest BCUT2D eigenvalue weighted by molar-refractivity contribution is -0.118. The van der Waals surface area contributed by atoms with Gasteiger partial charge in [-0.3, -0.25) is 14.2 Å². The maximum atomic E-state index is 12.8. The van der Waals surface area contributed by atoms with Crippen molar-refractivity contribution in [1.29, 1.82) is 0 Å². The normalized spacial score (nSPS) is 11.0. The standard InChI is InChI=1S/C20H21N3O2S/c1-12-8-13(2)19(14(3)9-12)26-11-18-22-16-7-5-4-6-15(16)20(25)23(18)10-17(21)24/h4-9H,10-11H2,1-3H3,(H2,21,24). The lowest BCUT2D eigenvalue weighted by Gasteiger charge is -2.14. The van der Waals surface area contributed by atoms with Crippen molar-refractivity contribution in [3.63, 3.8) is 0 Å². The Morgan fingerprint density at radius 3 is 2.46 bits per heavy atom. The molecule has 3 rings (SSSR count). The van der Waals surface area contributed by atoms with Gasteiger partial charge in [0.15, 0.2) is 0 Å². The molecule has 0 aliphatic rings. The van der Waals surface area contributed by atoms with Gasteiger partial charge in [-0.2, -0.15) is 0 Å². The molecule has 0 fully saturated rings. The van der Waals surface area contributed by atoms with Crippen LogP contribution in [0.2, 0.25) is 0 Å². The summed E-state index contributed by atoms with van der Waals surface area (Å²) in [6.45, 7) is 6.06. The maximum Gasteiger partial charge on any atom is 0.261 e. The van der Waals surface area contributed by atoms with Crippen LogP contribution in [0.25, 0.3) is 10.9 Å². The summed E-state index contributed by atoms with van der Waals surface area (Å²) in [5, 5.41) is 0.491. The van der Waals surface area contributed by atoms with Gasteiger partial charge in [-0.1, -0.05) is 29.8 Å². The monoisotopic (exact) mass is 367 g/mol. The van der Waals surface area contributed by atoms with Crippen LogP contribution in [0.4, 0.5) is 0 Å². The molecule has 0 atom stereocenters. The van der Waals surface area contributed by atoms with E-state index in [4.69, 9.17) is 5.73 Å². The number of aromatic nitrogens is 2. The van der Waals surface area contributed by atoms with Crippen LogP contribution in [-0.4, -0.2) is 15.5 Å². The van der Waals surface area contributed by atoms with Crippen LogP contribution in [0, 0.1) is 20.8 Å². The number of fused-ring (bicyclic) bond motifs is 1. The summed E-state index contributed by atoms with van der Waals surface area (Å²) in [5.74, 6) is 0.480. The van der Waals surface area contributed by atoms with Crippen molar-refractivity contribution < 1.29 is 4.79 Å². The van der Waals surface area contributed by atoms with Gasteiger partial charge in [0.2, 0.25) is 5.91 Å². The molecule has 2 aromatic carbocycles. The molecule has 0 aliphatic heterocycles. The topological polar surface area (TPSA) is 78.0 Å². The average Bonchev–Trinajstić information content (AvgIpc) is 2.57. The number of carbonyl (C=O) groups is 1. The third kappa shape index (κ3) is 3.65. The van der Waals surface area contributed by atoms with Crippen molar-refractivity contribution >= 4 is 28.6 Å². The first-order chi connectivity index (χ1) is 12.4. The zero-order chi connectivity index (χ0) is 18.8. The van der Waals surface area contributed by atoms with Crippen molar-refractivity contribution in [2.24, 2.45) is 5.73 Å². The number of carbonyl (C=O) groups excluding carboxylic acids is 1. The van der Waals surface area contributed by atoms with Crippen LogP contribution < -0.4 is 11.3 Å². The van der Waals surface area contributed by atoms with Gasteiger partial charge >= 0.3 is 0 Å². The summed E-state index contributed by atoms with van der Waals surface area (Å²) in [6, 6.07) is 11.4. The van der Waals surface area contributed by atoms with Gasteiger partial charge in [-0.15, -0.1) is 11.8 Å². The number of nitrogens with two attached hydrogens (primary N) is 1. The molecule has 0 saturated carbocycles. The van der Waals surface area contributed by atoms with Gasteiger partial charge in [0.1, 0.15) is 12.4 Å². The highest BCUT2D eigenvalue weighted by Gasteiger charge is 2.14. The molecule has 3 aromatic rings. The summed E-state index contributed by atoms with van der Waals surface area (Å²) < 4.78 is 1.39. The quantitative estimate of drug-likeness (QED) is 0.703. The number of nitrogens with zero attached hydrogens (tertiary/aromatic N) is 2. The zero-order valence-corrected chi connectivity index (χ0v) is 15.9. The van der Waals surface area contributed by atoms with E-state index in [1.165, 1.54) is 26.2 Å². The maximum absolute atomic E-state index is 12.8. The highest BCUT2D eigenvalue weighted by atomic mass is 32.2. The first kappa shape index (κ1) is 18.2. The number of para-hydroxylation sites is 1. The molecule has 0 spiro atoms. The number of thioether (sulfide) groups is 1. The third-order valence-electron chi connectivity index (χ3n) is 4.20. The van der Waals surface area contributed by atoms with E-state index in [-0.39, 0.29) is 12.1 Å². The minimum absolute atomic E-state index is 0.168. The van der Waals surface area contributed by atoms with Crippen LogP contribution in [0.5, 0.6) is 0 Å². The number of hydrogen-bond acceptors (Lipinski definition) is 4. The Labute approximate surface area is 156 Å². The fourth-order valence-corrected chi connectivity index (χ4v) is 4.24. The second kappa shape index (κ2) is 7.33. The molecule has 1 aromatic heterocycles. The molecular weight excluding hydrogens is 346 g/mol. The largest absolute Gasteiger partial charge is 0.368 e. The highest BCUT2D eigenvalue weighted by molar-refractivity contribution is 7.98. The van der Waals surface area contributed by atoms with Crippen molar-refractivity contribution in [3.05, 3.63) is 69.3 Å². The fraction of sp³-hybridized carbons (Fsp3) is 0.250. The van der Waals surface area contributed by atoms with Crippen LogP contribution >= 0.6 is 11.8 Å². The summed E-state index contributed by atoms with van der Waals surface area (Å²) in [7, 11) is 0. The fourth-order valence-electron chi connectivity index (χ4n) is 3.17. The number of amides is 1. The molecule has 134 valence electrons. The van der Waals surface area contributed by atoms with E-state index in [2.05, 4.69) is 37.9 Å². The summed E-state index contributed by atoms with van der Waals surface area (Å²) in [4.78, 5) is 30.0. The van der Waals surface area contributed by atoms with Gasteiger partial charge in [-0.25, -0.2) is 4.98 Å². The lowest BCUT2D eigenvalue weighted by Crippen LogP contribution is -2.31. The molecule has 5 nitrogen and oxygen atoms in total. The molecular formula is C20H21N3O2S. The minimum Gasteiger partial charge on any atom is -0.368 e. The molecule has 0 bridgehead atoms. The second-order valence-electron chi connectivity index (χ2n) is 6.42. The SMILES string of the molecule is Cc1cc(C)c(SCc2nc3ccccc3c(=O)n2CC(N)=O)c(C)c1. The van der Waals surface area contributed by atoms with Gasteiger partial charge in [0, 0.05) is 4.90 Å². The van der Waals surface area contributed by atoms with E-state index in [0.717, 1.165) is 0 Å². The molecule has 26 heavy (non-hydrogen) atoms. The van der Waals surface area contributed by atoms with E-state index in [9.17, 15) is 9.59 Å². The van der Waals surface area contributed by atoms with E-state index >= 15 is 0 Å². The smallest absolute Gasteiger partial charge is 0.261 e. The summed E-state index contributed by atoms with van der Waals surface area (Å²) >= 11 is 1.62. The molecule has 0 unspecified atom stereocenters. The van der Waals surface area contributed by atoms with Crippen molar-refractivity contribution in [2.75, 3.05) is 0 Å². The first-order valence-electron chi connectivity index (χ1n) is 8.34. The molecule has 1 amide bonds. The lowest BCUT2D eigenvalue weighted by atomic mass is 10.1. The Kier molecular flexibility index (Phi) is 5.13. The van der Waals surface area contributed by atoms with Gasteiger partial charge in [-0.05, 0) is 44.0 Å². The van der Waals surface area contributed by atoms with Crippen LogP contribution in [0.15, 0.2) is 46.1 Å². The molecule has 1 heterocycles. The third-order valence-corrected chi connectivity index (χ3v) is 5.54. The van der Waals surface area contributed by atoms with E-state index in [0.29, 0.717) is 22.5 Å². The van der Waals surface area contributed by atoms with Crippen molar-refractivity contribution in [2.45, 2.75) is 38.0 Å². The second-order valence-corrected chi connectivity index (χ2v) is 7.40. The number of primary amides is 1. The summed E-state index contributed by atoms with van der Waals surface area (Å²) in [6.07, 6.45) is 0. The Bertz CT molecular complexity index is 1030. The molecule has 0 radical (unpaired) electrons. The number of rotatable bonds is 5.